The maximum absolute atomic E-state index is 8.93. The predicted octanol–water partition coefficient (Wildman–Crippen LogP) is 3.21. The summed E-state index contributed by atoms with van der Waals surface area (Å²) >= 11 is 0. The second-order valence-electron chi connectivity index (χ2n) is 6.67. The third-order valence-electron chi connectivity index (χ3n) is 4.75. The standard InChI is InChI=1S/C22H29N3O3.HI/c1-3-23-22(25-11-10-18-6-4-5-7-19(18)16-25)24-15-17-8-9-20(28-13-12-26)21(14-17)27-2;/h4-9,14,26H,3,10-13,15-16H2,1-2H3,(H,23,24);1H. The molecule has 0 fully saturated rings. The van der Waals surface area contributed by atoms with Crippen molar-refractivity contribution in [2.45, 2.75) is 26.4 Å². The minimum absolute atomic E-state index is 0. The van der Waals surface area contributed by atoms with Gasteiger partial charge in [-0.1, -0.05) is 30.3 Å². The molecule has 1 aliphatic rings. The number of ether oxygens (including phenoxy) is 2. The molecule has 29 heavy (non-hydrogen) atoms. The summed E-state index contributed by atoms with van der Waals surface area (Å²) in [6.45, 7) is 5.52. The first kappa shape index (κ1) is 23.3. The summed E-state index contributed by atoms with van der Waals surface area (Å²) in [6.07, 6.45) is 1.03. The van der Waals surface area contributed by atoms with E-state index < -0.39 is 0 Å². The summed E-state index contributed by atoms with van der Waals surface area (Å²) in [5.41, 5.74) is 3.84. The van der Waals surface area contributed by atoms with Crippen LogP contribution in [0.15, 0.2) is 47.5 Å². The summed E-state index contributed by atoms with van der Waals surface area (Å²) in [6, 6.07) is 14.4. The number of rotatable bonds is 7. The van der Waals surface area contributed by atoms with Gasteiger partial charge in [-0.05, 0) is 42.2 Å². The number of aliphatic imine (C=N–C) groups is 1. The molecule has 0 atom stereocenters. The van der Waals surface area contributed by atoms with Gasteiger partial charge < -0.3 is 24.8 Å². The van der Waals surface area contributed by atoms with E-state index in [4.69, 9.17) is 19.6 Å². The van der Waals surface area contributed by atoms with E-state index in [0.29, 0.717) is 18.0 Å². The van der Waals surface area contributed by atoms with E-state index in [0.717, 1.165) is 37.6 Å². The number of guanidine groups is 1. The molecule has 2 N–H and O–H groups in total. The zero-order valence-electron chi connectivity index (χ0n) is 17.1. The highest BCUT2D eigenvalue weighted by Gasteiger charge is 2.18. The Morgan fingerprint density at radius 2 is 1.97 bits per heavy atom. The molecule has 0 aliphatic carbocycles. The average molecular weight is 511 g/mol. The van der Waals surface area contributed by atoms with Gasteiger partial charge in [-0.25, -0.2) is 4.99 Å². The molecule has 158 valence electrons. The van der Waals surface area contributed by atoms with Gasteiger partial charge in [-0.15, -0.1) is 24.0 Å². The molecule has 1 heterocycles. The Balaban J connectivity index is 0.00000300. The molecular formula is C22H30IN3O3. The largest absolute Gasteiger partial charge is 0.493 e. The number of nitrogens with zero attached hydrogens (tertiary/aromatic N) is 2. The smallest absolute Gasteiger partial charge is 0.194 e. The molecule has 0 amide bonds. The highest BCUT2D eigenvalue weighted by molar-refractivity contribution is 14.0. The summed E-state index contributed by atoms with van der Waals surface area (Å²) < 4.78 is 10.9. The Hall–Kier alpha value is -2.00. The lowest BCUT2D eigenvalue weighted by Gasteiger charge is -2.31. The van der Waals surface area contributed by atoms with E-state index in [-0.39, 0.29) is 37.2 Å². The van der Waals surface area contributed by atoms with Gasteiger partial charge in [0.25, 0.3) is 0 Å². The lowest BCUT2D eigenvalue weighted by molar-refractivity contribution is 0.196. The van der Waals surface area contributed by atoms with E-state index >= 15 is 0 Å². The monoisotopic (exact) mass is 511 g/mol. The zero-order valence-corrected chi connectivity index (χ0v) is 19.4. The maximum atomic E-state index is 8.93. The number of nitrogens with one attached hydrogen (secondary N) is 1. The van der Waals surface area contributed by atoms with Gasteiger partial charge in [-0.3, -0.25) is 0 Å². The van der Waals surface area contributed by atoms with Crippen LogP contribution in [0.25, 0.3) is 0 Å². The second kappa shape index (κ2) is 11.9. The molecule has 0 saturated heterocycles. The van der Waals surface area contributed by atoms with Gasteiger partial charge in [0.1, 0.15) is 6.61 Å². The average Bonchev–Trinajstić information content (AvgIpc) is 2.75. The van der Waals surface area contributed by atoms with Crippen LogP contribution < -0.4 is 14.8 Å². The van der Waals surface area contributed by atoms with E-state index in [1.165, 1.54) is 11.1 Å². The molecular weight excluding hydrogens is 481 g/mol. The molecule has 2 aromatic rings. The molecule has 0 spiro atoms. The molecule has 0 bridgehead atoms. The molecule has 0 radical (unpaired) electrons. The lowest BCUT2D eigenvalue weighted by Crippen LogP contribution is -2.44. The molecule has 0 unspecified atom stereocenters. The fraction of sp³-hybridized carbons (Fsp3) is 0.409. The van der Waals surface area contributed by atoms with Crippen LogP contribution in [0.4, 0.5) is 0 Å². The van der Waals surface area contributed by atoms with E-state index in [2.05, 4.69) is 41.4 Å². The van der Waals surface area contributed by atoms with Gasteiger partial charge >= 0.3 is 0 Å². The van der Waals surface area contributed by atoms with Crippen LogP contribution in [-0.2, 0) is 19.5 Å². The third kappa shape index (κ3) is 6.24. The lowest BCUT2D eigenvalue weighted by atomic mass is 10.0. The van der Waals surface area contributed by atoms with Crippen molar-refractivity contribution in [3.05, 3.63) is 59.2 Å². The number of fused-ring (bicyclic) bond motifs is 1. The topological polar surface area (TPSA) is 66.3 Å². The second-order valence-corrected chi connectivity index (χ2v) is 6.67. The van der Waals surface area contributed by atoms with Crippen LogP contribution in [0.2, 0.25) is 0 Å². The Bertz CT molecular complexity index is 814. The number of halogens is 1. The van der Waals surface area contributed by atoms with E-state index in [9.17, 15) is 0 Å². The van der Waals surface area contributed by atoms with Crippen molar-refractivity contribution in [2.24, 2.45) is 4.99 Å². The molecule has 0 saturated carbocycles. The Morgan fingerprint density at radius 3 is 2.69 bits per heavy atom. The first-order valence-electron chi connectivity index (χ1n) is 9.75. The van der Waals surface area contributed by atoms with Crippen molar-refractivity contribution in [1.82, 2.24) is 10.2 Å². The number of hydrogen-bond donors (Lipinski definition) is 2. The quantitative estimate of drug-likeness (QED) is 0.340. The fourth-order valence-electron chi connectivity index (χ4n) is 3.35. The van der Waals surface area contributed by atoms with Crippen LogP contribution in [0.3, 0.4) is 0 Å². The van der Waals surface area contributed by atoms with Crippen LogP contribution in [0.1, 0.15) is 23.6 Å². The summed E-state index contributed by atoms with van der Waals surface area (Å²) in [5.74, 6) is 2.21. The minimum atomic E-state index is -0.0276. The molecule has 7 heteroatoms. The normalized spacial score (nSPS) is 13.3. The first-order chi connectivity index (χ1) is 13.7. The van der Waals surface area contributed by atoms with Crippen molar-refractivity contribution in [1.29, 1.82) is 0 Å². The van der Waals surface area contributed by atoms with Gasteiger partial charge in [0.15, 0.2) is 17.5 Å². The Kier molecular flexibility index (Phi) is 9.53. The van der Waals surface area contributed by atoms with Crippen LogP contribution in [0.5, 0.6) is 11.5 Å². The predicted molar refractivity (Wildman–Crippen MR) is 126 cm³/mol. The molecule has 3 rings (SSSR count). The van der Waals surface area contributed by atoms with Crippen molar-refractivity contribution >= 4 is 29.9 Å². The minimum Gasteiger partial charge on any atom is -0.493 e. The third-order valence-corrected chi connectivity index (χ3v) is 4.75. The maximum Gasteiger partial charge on any atom is 0.194 e. The van der Waals surface area contributed by atoms with Crippen LogP contribution in [0, 0.1) is 0 Å². The number of aliphatic hydroxyl groups excluding tert-OH is 1. The van der Waals surface area contributed by atoms with Gasteiger partial charge in [0.05, 0.1) is 20.3 Å². The van der Waals surface area contributed by atoms with Crippen molar-refractivity contribution in [3.8, 4) is 11.5 Å². The van der Waals surface area contributed by atoms with Crippen LogP contribution in [-0.4, -0.2) is 49.4 Å². The summed E-state index contributed by atoms with van der Waals surface area (Å²) in [7, 11) is 1.61. The van der Waals surface area contributed by atoms with Gasteiger partial charge in [0, 0.05) is 19.6 Å². The zero-order chi connectivity index (χ0) is 19.8. The highest BCUT2D eigenvalue weighted by Crippen LogP contribution is 2.28. The molecule has 2 aromatic carbocycles. The van der Waals surface area contributed by atoms with Crippen molar-refractivity contribution in [2.75, 3.05) is 33.4 Å². The van der Waals surface area contributed by atoms with E-state index in [1.807, 2.05) is 18.2 Å². The summed E-state index contributed by atoms with van der Waals surface area (Å²) in [4.78, 5) is 7.15. The number of aliphatic hydroxyl groups is 1. The molecule has 1 aliphatic heterocycles. The summed E-state index contributed by atoms with van der Waals surface area (Å²) in [5, 5.41) is 12.3. The van der Waals surface area contributed by atoms with Crippen LogP contribution >= 0.6 is 24.0 Å². The molecule has 0 aromatic heterocycles. The van der Waals surface area contributed by atoms with Crippen molar-refractivity contribution < 1.29 is 14.6 Å². The van der Waals surface area contributed by atoms with E-state index in [1.54, 1.807) is 7.11 Å². The SMILES string of the molecule is CCNC(=NCc1ccc(OCCO)c(OC)c1)N1CCc2ccccc2C1.I. The first-order valence-corrected chi connectivity index (χ1v) is 9.75. The highest BCUT2D eigenvalue weighted by atomic mass is 127. The van der Waals surface area contributed by atoms with Gasteiger partial charge in [0.2, 0.25) is 0 Å². The number of benzene rings is 2. The number of hydrogen-bond acceptors (Lipinski definition) is 4. The fourth-order valence-corrected chi connectivity index (χ4v) is 3.35. The molecule has 6 nitrogen and oxygen atoms in total. The number of methoxy groups -OCH3 is 1. The Morgan fingerprint density at radius 1 is 1.17 bits per heavy atom. The van der Waals surface area contributed by atoms with Gasteiger partial charge in [-0.2, -0.15) is 0 Å². The Labute approximate surface area is 190 Å². The van der Waals surface area contributed by atoms with Crippen molar-refractivity contribution in [3.63, 3.8) is 0 Å².